The minimum absolute atomic E-state index is 0.220. The summed E-state index contributed by atoms with van der Waals surface area (Å²) in [6.07, 6.45) is 0. The molecular weight excluding hydrogens is 204 g/mol. The maximum Gasteiger partial charge on any atom is 0.333 e. The molecule has 0 radical (unpaired) electrons. The van der Waals surface area contributed by atoms with Crippen molar-refractivity contribution in [3.63, 3.8) is 0 Å². The van der Waals surface area contributed by atoms with Crippen LogP contribution in [0.4, 0.5) is 0 Å². The molecule has 0 saturated carbocycles. The predicted octanol–water partition coefficient (Wildman–Crippen LogP) is 0.278. The molecule has 2 N–H and O–H groups in total. The highest BCUT2D eigenvalue weighted by Gasteiger charge is 2.05. The van der Waals surface area contributed by atoms with Crippen LogP contribution in [0.15, 0.2) is 24.3 Å². The van der Waals surface area contributed by atoms with Gasteiger partial charge in [-0.05, 0) is 11.6 Å². The van der Waals surface area contributed by atoms with E-state index in [2.05, 4.69) is 9.32 Å². The zero-order valence-electron chi connectivity index (χ0n) is 7.17. The van der Waals surface area contributed by atoms with Gasteiger partial charge < -0.3 is 0 Å². The molecule has 0 aliphatic carbocycles. The summed E-state index contributed by atoms with van der Waals surface area (Å²) in [5, 5.41) is 13.3. The predicted molar refractivity (Wildman–Crippen MR) is 49.1 cm³/mol. The molecule has 1 aromatic rings. The Balaban J connectivity index is 2.83. The van der Waals surface area contributed by atoms with Crippen LogP contribution < -0.4 is 5.14 Å². The number of nitrogens with zero attached hydrogens (tertiary/aromatic N) is 1. The molecule has 0 aliphatic heterocycles. The Morgan fingerprint density at radius 2 is 2.07 bits per heavy atom. The Bertz CT molecular complexity index is 462. The summed E-state index contributed by atoms with van der Waals surface area (Å²) in [6, 6.07) is 8.45. The van der Waals surface area contributed by atoms with Gasteiger partial charge in [-0.1, -0.05) is 18.2 Å². The quantitative estimate of drug-likeness (QED) is 0.778. The third-order valence-corrected chi connectivity index (χ3v) is 1.96. The number of nitrogens with two attached hydrogens (primary N) is 1. The van der Waals surface area contributed by atoms with Gasteiger partial charge >= 0.3 is 10.3 Å². The van der Waals surface area contributed by atoms with E-state index < -0.39 is 10.3 Å². The Kier molecular flexibility index (Phi) is 3.19. The molecular formula is C8H8N2O3S. The third kappa shape index (κ3) is 3.14. The van der Waals surface area contributed by atoms with E-state index in [9.17, 15) is 8.42 Å². The molecule has 0 fully saturated rings. The normalized spacial score (nSPS) is 10.9. The van der Waals surface area contributed by atoms with Crippen LogP contribution in [0.2, 0.25) is 0 Å². The maximum absolute atomic E-state index is 10.5. The van der Waals surface area contributed by atoms with Crippen molar-refractivity contribution in [3.8, 4) is 6.07 Å². The van der Waals surface area contributed by atoms with Gasteiger partial charge in [0.05, 0.1) is 18.2 Å². The van der Waals surface area contributed by atoms with Gasteiger partial charge in [0.25, 0.3) is 0 Å². The highest BCUT2D eigenvalue weighted by atomic mass is 32.2. The lowest BCUT2D eigenvalue weighted by molar-refractivity contribution is 0.308. The van der Waals surface area contributed by atoms with E-state index in [0.29, 0.717) is 11.1 Å². The van der Waals surface area contributed by atoms with Gasteiger partial charge in [0.1, 0.15) is 0 Å². The van der Waals surface area contributed by atoms with Crippen molar-refractivity contribution in [2.45, 2.75) is 6.61 Å². The van der Waals surface area contributed by atoms with Crippen LogP contribution in [0, 0.1) is 11.3 Å². The molecule has 1 rings (SSSR count). The van der Waals surface area contributed by atoms with E-state index in [1.165, 1.54) is 0 Å². The number of hydrogen-bond donors (Lipinski definition) is 1. The molecule has 0 heterocycles. The minimum Gasteiger partial charge on any atom is -0.253 e. The first-order chi connectivity index (χ1) is 6.53. The Morgan fingerprint density at radius 3 is 2.64 bits per heavy atom. The van der Waals surface area contributed by atoms with E-state index in [1.807, 2.05) is 6.07 Å². The SMILES string of the molecule is N#Cc1ccccc1COS(N)(=O)=O. The molecule has 0 spiro atoms. The van der Waals surface area contributed by atoms with Crippen LogP contribution in [-0.2, 0) is 21.1 Å². The largest absolute Gasteiger partial charge is 0.333 e. The fourth-order valence-corrected chi connectivity index (χ4v) is 1.19. The Labute approximate surface area is 82.0 Å². The average Bonchev–Trinajstić information content (AvgIpc) is 2.14. The standard InChI is InChI=1S/C8H8N2O3S/c9-5-7-3-1-2-4-8(7)6-13-14(10,11)12/h1-4H,6H2,(H2,10,11,12). The summed E-state index contributed by atoms with van der Waals surface area (Å²) in [5.41, 5.74) is 0.861. The molecule has 0 aromatic heterocycles. The monoisotopic (exact) mass is 212 g/mol. The van der Waals surface area contributed by atoms with Crippen LogP contribution in [0.1, 0.15) is 11.1 Å². The number of benzene rings is 1. The summed E-state index contributed by atoms with van der Waals surface area (Å²) in [4.78, 5) is 0. The number of rotatable bonds is 3. The van der Waals surface area contributed by atoms with Gasteiger partial charge in [0, 0.05) is 0 Å². The van der Waals surface area contributed by atoms with Gasteiger partial charge in [-0.15, -0.1) is 0 Å². The average molecular weight is 212 g/mol. The molecule has 0 aliphatic rings. The summed E-state index contributed by atoms with van der Waals surface area (Å²) in [5.74, 6) is 0. The second-order valence-electron chi connectivity index (χ2n) is 2.52. The Morgan fingerprint density at radius 1 is 1.43 bits per heavy atom. The van der Waals surface area contributed by atoms with Gasteiger partial charge in [-0.2, -0.15) is 13.7 Å². The number of nitriles is 1. The van der Waals surface area contributed by atoms with Crippen LogP contribution >= 0.6 is 0 Å². The maximum atomic E-state index is 10.5. The van der Waals surface area contributed by atoms with Gasteiger partial charge in [0.2, 0.25) is 0 Å². The van der Waals surface area contributed by atoms with E-state index >= 15 is 0 Å². The van der Waals surface area contributed by atoms with Crippen molar-refractivity contribution >= 4 is 10.3 Å². The van der Waals surface area contributed by atoms with E-state index in [0.717, 1.165) is 0 Å². The van der Waals surface area contributed by atoms with Gasteiger partial charge in [-0.25, -0.2) is 5.14 Å². The van der Waals surface area contributed by atoms with Crippen LogP contribution in [0.25, 0.3) is 0 Å². The highest BCUT2D eigenvalue weighted by molar-refractivity contribution is 7.84. The third-order valence-electron chi connectivity index (χ3n) is 1.52. The summed E-state index contributed by atoms with van der Waals surface area (Å²) >= 11 is 0. The first-order valence-corrected chi connectivity index (χ1v) is 5.15. The second kappa shape index (κ2) is 4.19. The minimum atomic E-state index is -3.96. The molecule has 14 heavy (non-hydrogen) atoms. The zero-order valence-corrected chi connectivity index (χ0v) is 7.99. The van der Waals surface area contributed by atoms with Gasteiger partial charge in [0.15, 0.2) is 0 Å². The van der Waals surface area contributed by atoms with E-state index in [4.69, 9.17) is 5.26 Å². The van der Waals surface area contributed by atoms with Crippen LogP contribution in [-0.4, -0.2) is 8.42 Å². The fourth-order valence-electron chi connectivity index (χ4n) is 0.901. The topological polar surface area (TPSA) is 93.2 Å². The number of hydrogen-bond acceptors (Lipinski definition) is 4. The van der Waals surface area contributed by atoms with E-state index in [-0.39, 0.29) is 6.61 Å². The molecule has 1 aromatic carbocycles. The zero-order chi connectivity index (χ0) is 10.6. The summed E-state index contributed by atoms with van der Waals surface area (Å²) in [7, 11) is -3.96. The summed E-state index contributed by atoms with van der Waals surface area (Å²) < 4.78 is 25.3. The molecule has 0 saturated heterocycles. The molecule has 5 nitrogen and oxygen atoms in total. The second-order valence-corrected chi connectivity index (χ2v) is 3.75. The fraction of sp³-hybridized carbons (Fsp3) is 0.125. The first-order valence-electron chi connectivity index (χ1n) is 3.68. The van der Waals surface area contributed by atoms with Crippen LogP contribution in [0.5, 0.6) is 0 Å². The molecule has 74 valence electrons. The molecule has 0 amide bonds. The highest BCUT2D eigenvalue weighted by Crippen LogP contribution is 2.09. The van der Waals surface area contributed by atoms with Crippen molar-refractivity contribution < 1.29 is 12.6 Å². The Hall–Kier alpha value is -1.42. The molecule has 0 unspecified atom stereocenters. The lowest BCUT2D eigenvalue weighted by Gasteiger charge is -2.02. The lowest BCUT2D eigenvalue weighted by atomic mass is 10.1. The summed E-state index contributed by atoms with van der Waals surface area (Å²) in [6.45, 7) is -0.220. The smallest absolute Gasteiger partial charge is 0.253 e. The van der Waals surface area contributed by atoms with Crippen molar-refractivity contribution in [3.05, 3.63) is 35.4 Å². The first kappa shape index (κ1) is 10.7. The van der Waals surface area contributed by atoms with Crippen molar-refractivity contribution in [1.82, 2.24) is 0 Å². The van der Waals surface area contributed by atoms with Crippen LogP contribution in [0.3, 0.4) is 0 Å². The van der Waals surface area contributed by atoms with Gasteiger partial charge in [-0.3, -0.25) is 4.18 Å². The van der Waals surface area contributed by atoms with E-state index in [1.54, 1.807) is 24.3 Å². The molecule has 0 atom stereocenters. The van der Waals surface area contributed by atoms with Crippen molar-refractivity contribution in [2.24, 2.45) is 5.14 Å². The molecule has 6 heteroatoms. The van der Waals surface area contributed by atoms with Crippen molar-refractivity contribution in [2.75, 3.05) is 0 Å². The lowest BCUT2D eigenvalue weighted by Crippen LogP contribution is -2.15. The van der Waals surface area contributed by atoms with Crippen molar-refractivity contribution in [1.29, 1.82) is 5.26 Å². The molecule has 0 bridgehead atoms.